The number of benzene rings is 1. The van der Waals surface area contributed by atoms with Gasteiger partial charge in [-0.1, -0.05) is 12.1 Å². The minimum Gasteiger partial charge on any atom is -0.355 e. The van der Waals surface area contributed by atoms with Gasteiger partial charge in [0.05, 0.1) is 16.8 Å². The summed E-state index contributed by atoms with van der Waals surface area (Å²) in [7, 11) is -0.121. The van der Waals surface area contributed by atoms with Gasteiger partial charge in [0.15, 0.2) is 0 Å². The molecule has 6 nitrogen and oxygen atoms in total. The first-order valence-corrected chi connectivity index (χ1v) is 7.19. The molecule has 0 saturated carbocycles. The fourth-order valence-corrected chi connectivity index (χ4v) is 2.24. The van der Waals surface area contributed by atoms with Crippen molar-refractivity contribution in [3.8, 4) is 0 Å². The Balaban J connectivity index is 1.99. The second-order valence-electron chi connectivity index (χ2n) is 4.13. The fourth-order valence-electron chi connectivity index (χ4n) is 1.52. The molecule has 0 aliphatic carbocycles. The molecule has 1 aromatic heterocycles. The SMILES string of the molecule is CN(C)S(=O)(=O)CCNc1nc2ccccc2[nH]1. The lowest BCUT2D eigenvalue weighted by Gasteiger charge is -2.10. The Kier molecular flexibility index (Phi) is 3.53. The maximum absolute atomic E-state index is 11.5. The summed E-state index contributed by atoms with van der Waals surface area (Å²) in [4.78, 5) is 7.38. The average molecular weight is 268 g/mol. The number of imidazole rings is 1. The van der Waals surface area contributed by atoms with E-state index in [-0.39, 0.29) is 5.75 Å². The van der Waals surface area contributed by atoms with Crippen LogP contribution in [0.3, 0.4) is 0 Å². The summed E-state index contributed by atoms with van der Waals surface area (Å²) in [5.41, 5.74) is 1.78. The van der Waals surface area contributed by atoms with E-state index in [0.717, 1.165) is 11.0 Å². The number of hydrogen-bond donors (Lipinski definition) is 2. The number of fused-ring (bicyclic) bond motifs is 1. The summed E-state index contributed by atoms with van der Waals surface area (Å²) in [6, 6.07) is 7.64. The van der Waals surface area contributed by atoms with Gasteiger partial charge in [-0.3, -0.25) is 0 Å². The number of nitrogens with one attached hydrogen (secondary N) is 2. The van der Waals surface area contributed by atoms with Crippen molar-refractivity contribution in [1.82, 2.24) is 14.3 Å². The number of H-pyrrole nitrogens is 1. The molecule has 0 fully saturated rings. The van der Waals surface area contributed by atoms with Crippen LogP contribution in [0.4, 0.5) is 5.95 Å². The van der Waals surface area contributed by atoms with E-state index in [1.54, 1.807) is 0 Å². The highest BCUT2D eigenvalue weighted by Crippen LogP contribution is 2.12. The van der Waals surface area contributed by atoms with Gasteiger partial charge >= 0.3 is 0 Å². The van der Waals surface area contributed by atoms with Crippen molar-refractivity contribution in [2.45, 2.75) is 0 Å². The van der Waals surface area contributed by atoms with E-state index in [0.29, 0.717) is 12.5 Å². The summed E-state index contributed by atoms with van der Waals surface area (Å²) in [5, 5.41) is 2.97. The smallest absolute Gasteiger partial charge is 0.215 e. The summed E-state index contributed by atoms with van der Waals surface area (Å²) < 4.78 is 24.3. The van der Waals surface area contributed by atoms with Crippen LogP contribution in [0.5, 0.6) is 0 Å². The predicted octanol–water partition coefficient (Wildman–Crippen LogP) is 0.866. The van der Waals surface area contributed by atoms with Crippen molar-refractivity contribution >= 4 is 27.0 Å². The molecular formula is C11H16N4O2S. The molecule has 0 aliphatic rings. The van der Waals surface area contributed by atoms with Gasteiger partial charge in [-0.15, -0.1) is 0 Å². The lowest BCUT2D eigenvalue weighted by molar-refractivity contribution is 0.521. The molecule has 7 heteroatoms. The summed E-state index contributed by atoms with van der Waals surface area (Å²) >= 11 is 0. The minimum atomic E-state index is -3.17. The van der Waals surface area contributed by atoms with Gasteiger partial charge in [-0.2, -0.15) is 0 Å². The molecule has 1 heterocycles. The highest BCUT2D eigenvalue weighted by molar-refractivity contribution is 7.89. The first-order chi connectivity index (χ1) is 8.49. The molecule has 2 N–H and O–H groups in total. The molecule has 0 spiro atoms. The van der Waals surface area contributed by atoms with Crippen LogP contribution >= 0.6 is 0 Å². The highest BCUT2D eigenvalue weighted by atomic mass is 32.2. The molecule has 1 aromatic carbocycles. The van der Waals surface area contributed by atoms with Crippen LogP contribution in [0.1, 0.15) is 0 Å². The Labute approximate surface area is 106 Å². The molecule has 0 saturated heterocycles. The molecule has 0 amide bonds. The molecule has 2 aromatic rings. The molecular weight excluding hydrogens is 252 g/mol. The molecule has 18 heavy (non-hydrogen) atoms. The van der Waals surface area contributed by atoms with Crippen molar-refractivity contribution in [2.24, 2.45) is 0 Å². The van der Waals surface area contributed by atoms with E-state index in [1.807, 2.05) is 24.3 Å². The molecule has 98 valence electrons. The van der Waals surface area contributed by atoms with Crippen molar-refractivity contribution in [1.29, 1.82) is 0 Å². The van der Waals surface area contributed by atoms with Gasteiger partial charge < -0.3 is 10.3 Å². The Hall–Kier alpha value is -1.60. The molecule has 0 unspecified atom stereocenters. The molecule has 0 bridgehead atoms. The van der Waals surface area contributed by atoms with Crippen LogP contribution in [-0.4, -0.2) is 49.1 Å². The van der Waals surface area contributed by atoms with E-state index in [2.05, 4.69) is 15.3 Å². The zero-order valence-electron chi connectivity index (χ0n) is 10.3. The average Bonchev–Trinajstić information content (AvgIpc) is 2.70. The minimum absolute atomic E-state index is 0.0387. The van der Waals surface area contributed by atoms with Crippen molar-refractivity contribution in [3.63, 3.8) is 0 Å². The Morgan fingerprint density at radius 2 is 2.06 bits per heavy atom. The van der Waals surface area contributed by atoms with E-state index < -0.39 is 10.0 Å². The maximum atomic E-state index is 11.5. The number of aromatic amines is 1. The van der Waals surface area contributed by atoms with E-state index in [9.17, 15) is 8.42 Å². The number of sulfonamides is 1. The third kappa shape index (κ3) is 2.80. The van der Waals surface area contributed by atoms with Crippen LogP contribution in [-0.2, 0) is 10.0 Å². The molecule has 2 rings (SSSR count). The van der Waals surface area contributed by atoms with E-state index in [4.69, 9.17) is 0 Å². The Morgan fingerprint density at radius 3 is 2.72 bits per heavy atom. The fraction of sp³-hybridized carbons (Fsp3) is 0.364. The Bertz CT molecular complexity index is 600. The molecule has 0 radical (unpaired) electrons. The van der Waals surface area contributed by atoms with Crippen LogP contribution < -0.4 is 5.32 Å². The lowest BCUT2D eigenvalue weighted by atomic mass is 10.3. The van der Waals surface area contributed by atoms with Crippen molar-refractivity contribution in [2.75, 3.05) is 31.7 Å². The summed E-state index contributed by atoms with van der Waals surface area (Å²) in [5.74, 6) is 0.627. The molecule has 0 atom stereocenters. The normalized spacial score (nSPS) is 12.2. The highest BCUT2D eigenvalue weighted by Gasteiger charge is 2.13. The van der Waals surface area contributed by atoms with Gasteiger partial charge in [0.1, 0.15) is 0 Å². The summed E-state index contributed by atoms with van der Waals surface area (Å²) in [6.45, 7) is 0.320. The largest absolute Gasteiger partial charge is 0.355 e. The van der Waals surface area contributed by atoms with Gasteiger partial charge in [0.2, 0.25) is 16.0 Å². The van der Waals surface area contributed by atoms with Crippen LogP contribution in [0, 0.1) is 0 Å². The standard InChI is InChI=1S/C11H16N4O2S/c1-15(2)18(16,17)8-7-12-11-13-9-5-3-4-6-10(9)14-11/h3-6H,7-8H2,1-2H3,(H2,12,13,14). The number of para-hydroxylation sites is 2. The number of anilines is 1. The first kappa shape index (κ1) is 12.8. The second kappa shape index (κ2) is 4.95. The number of rotatable bonds is 5. The first-order valence-electron chi connectivity index (χ1n) is 5.58. The number of nitrogens with zero attached hydrogens (tertiary/aromatic N) is 2. The van der Waals surface area contributed by atoms with Gasteiger partial charge in [-0.25, -0.2) is 17.7 Å². The monoisotopic (exact) mass is 268 g/mol. The second-order valence-corrected chi connectivity index (χ2v) is 6.43. The van der Waals surface area contributed by atoms with Crippen LogP contribution in [0.2, 0.25) is 0 Å². The van der Waals surface area contributed by atoms with Crippen LogP contribution in [0.15, 0.2) is 24.3 Å². The maximum Gasteiger partial charge on any atom is 0.215 e. The van der Waals surface area contributed by atoms with Crippen molar-refractivity contribution in [3.05, 3.63) is 24.3 Å². The van der Waals surface area contributed by atoms with Crippen molar-refractivity contribution < 1.29 is 8.42 Å². The number of hydrogen-bond acceptors (Lipinski definition) is 4. The summed E-state index contributed by atoms with van der Waals surface area (Å²) in [6.07, 6.45) is 0. The van der Waals surface area contributed by atoms with Gasteiger partial charge in [-0.05, 0) is 12.1 Å². The number of aromatic nitrogens is 2. The Morgan fingerprint density at radius 1 is 1.33 bits per heavy atom. The quantitative estimate of drug-likeness (QED) is 0.843. The predicted molar refractivity (Wildman–Crippen MR) is 72.1 cm³/mol. The van der Waals surface area contributed by atoms with E-state index >= 15 is 0 Å². The zero-order chi connectivity index (χ0) is 13.2. The van der Waals surface area contributed by atoms with Gasteiger partial charge in [0, 0.05) is 20.6 Å². The van der Waals surface area contributed by atoms with Gasteiger partial charge in [0.25, 0.3) is 0 Å². The topological polar surface area (TPSA) is 78.1 Å². The lowest BCUT2D eigenvalue weighted by Crippen LogP contribution is -2.28. The zero-order valence-corrected chi connectivity index (χ0v) is 11.2. The van der Waals surface area contributed by atoms with E-state index in [1.165, 1.54) is 18.4 Å². The molecule has 0 aliphatic heterocycles. The third-order valence-electron chi connectivity index (χ3n) is 2.60. The van der Waals surface area contributed by atoms with Crippen LogP contribution in [0.25, 0.3) is 11.0 Å². The third-order valence-corrected chi connectivity index (χ3v) is 4.43.